The second-order valence-electron chi connectivity index (χ2n) is 1.58. The smallest absolute Gasteiger partial charge is 0.106 e. The fourth-order valence-corrected chi connectivity index (χ4v) is 0.760. The summed E-state index contributed by atoms with van der Waals surface area (Å²) in [6, 6.07) is 0. The summed E-state index contributed by atoms with van der Waals surface area (Å²) in [5, 5.41) is 0. The van der Waals surface area contributed by atoms with Crippen molar-refractivity contribution in [2.75, 3.05) is 6.61 Å². The van der Waals surface area contributed by atoms with E-state index in [0.717, 1.165) is 19.4 Å². The monoisotopic (exact) mass is 121 g/mol. The second-order valence-corrected chi connectivity index (χ2v) is 2.10. The van der Waals surface area contributed by atoms with Gasteiger partial charge in [0.05, 0.1) is 6.61 Å². The summed E-state index contributed by atoms with van der Waals surface area (Å²) in [5.41, 5.74) is 2.68. The molecular formula is C4H8ClNO. The number of alkyl halides is 1. The van der Waals surface area contributed by atoms with Crippen LogP contribution in [0.3, 0.4) is 0 Å². The van der Waals surface area contributed by atoms with Gasteiger partial charge in [0.2, 0.25) is 0 Å². The molecule has 0 aromatic rings. The number of hydrogen-bond acceptors (Lipinski definition) is 2. The van der Waals surface area contributed by atoms with Crippen LogP contribution in [0.4, 0.5) is 0 Å². The lowest BCUT2D eigenvalue weighted by atomic mass is 10.3. The third-order valence-electron chi connectivity index (χ3n) is 0.915. The minimum Gasteiger partial charge on any atom is -0.300 e. The SMILES string of the molecule is ClC1CCCON1. The molecule has 1 unspecified atom stereocenters. The molecule has 0 aromatic carbocycles. The van der Waals surface area contributed by atoms with Crippen LogP contribution in [-0.4, -0.2) is 12.1 Å². The van der Waals surface area contributed by atoms with Gasteiger partial charge in [0.25, 0.3) is 0 Å². The normalized spacial score (nSPS) is 33.0. The molecule has 3 heteroatoms. The molecule has 0 aromatic heterocycles. The Balaban J connectivity index is 2.12. The first-order valence-corrected chi connectivity index (χ1v) is 2.84. The highest BCUT2D eigenvalue weighted by molar-refractivity contribution is 6.20. The number of hydroxylamine groups is 1. The zero-order valence-corrected chi connectivity index (χ0v) is 4.74. The van der Waals surface area contributed by atoms with E-state index in [1.165, 1.54) is 0 Å². The molecule has 0 radical (unpaired) electrons. The molecule has 1 N–H and O–H groups in total. The maximum Gasteiger partial charge on any atom is 0.106 e. The summed E-state index contributed by atoms with van der Waals surface area (Å²) in [6.07, 6.45) is 2.09. The van der Waals surface area contributed by atoms with Gasteiger partial charge in [-0.1, -0.05) is 0 Å². The molecule has 1 aliphatic heterocycles. The Morgan fingerprint density at radius 2 is 2.57 bits per heavy atom. The van der Waals surface area contributed by atoms with Gasteiger partial charge in [-0.15, -0.1) is 11.6 Å². The summed E-state index contributed by atoms with van der Waals surface area (Å²) in [7, 11) is 0. The van der Waals surface area contributed by atoms with Crippen molar-refractivity contribution in [3.8, 4) is 0 Å². The largest absolute Gasteiger partial charge is 0.300 e. The number of hydrogen-bond donors (Lipinski definition) is 1. The number of rotatable bonds is 0. The zero-order chi connectivity index (χ0) is 5.11. The van der Waals surface area contributed by atoms with Gasteiger partial charge in [-0.05, 0) is 12.8 Å². The average molecular weight is 122 g/mol. The molecule has 0 amide bonds. The van der Waals surface area contributed by atoms with E-state index in [0.29, 0.717) is 0 Å². The molecule has 1 fully saturated rings. The Hall–Kier alpha value is 0.210. The van der Waals surface area contributed by atoms with E-state index in [-0.39, 0.29) is 5.50 Å². The third kappa shape index (κ3) is 1.63. The highest BCUT2D eigenvalue weighted by atomic mass is 35.5. The molecule has 0 saturated carbocycles. The number of nitrogens with one attached hydrogen (secondary N) is 1. The van der Waals surface area contributed by atoms with Gasteiger partial charge in [0, 0.05) is 0 Å². The van der Waals surface area contributed by atoms with Gasteiger partial charge in [-0.25, -0.2) is 0 Å². The minimum absolute atomic E-state index is 0.0359. The van der Waals surface area contributed by atoms with Gasteiger partial charge in [0.1, 0.15) is 5.50 Å². The minimum atomic E-state index is 0.0359. The highest BCUT2D eigenvalue weighted by Crippen LogP contribution is 2.05. The van der Waals surface area contributed by atoms with E-state index in [4.69, 9.17) is 16.4 Å². The third-order valence-corrected chi connectivity index (χ3v) is 1.22. The summed E-state index contributed by atoms with van der Waals surface area (Å²) in [6.45, 7) is 0.795. The number of halogens is 1. The van der Waals surface area contributed by atoms with E-state index >= 15 is 0 Å². The molecule has 1 heterocycles. The molecule has 1 rings (SSSR count). The Morgan fingerprint density at radius 3 is 2.86 bits per heavy atom. The van der Waals surface area contributed by atoms with E-state index in [1.807, 2.05) is 0 Å². The maximum atomic E-state index is 5.58. The van der Waals surface area contributed by atoms with Crippen molar-refractivity contribution in [2.45, 2.75) is 18.3 Å². The van der Waals surface area contributed by atoms with Crippen LogP contribution in [0.25, 0.3) is 0 Å². The predicted octanol–water partition coefficient (Wildman–Crippen LogP) is 0.866. The quantitative estimate of drug-likeness (QED) is 0.379. The first-order valence-electron chi connectivity index (χ1n) is 2.41. The lowest BCUT2D eigenvalue weighted by Crippen LogP contribution is -2.29. The first-order chi connectivity index (χ1) is 3.39. The van der Waals surface area contributed by atoms with E-state index < -0.39 is 0 Å². The Morgan fingerprint density at radius 1 is 1.71 bits per heavy atom. The highest BCUT2D eigenvalue weighted by Gasteiger charge is 2.07. The summed E-state index contributed by atoms with van der Waals surface area (Å²) < 4.78 is 0. The van der Waals surface area contributed by atoms with E-state index in [9.17, 15) is 0 Å². The summed E-state index contributed by atoms with van der Waals surface area (Å²) in [4.78, 5) is 4.80. The van der Waals surface area contributed by atoms with Crippen LogP contribution >= 0.6 is 11.6 Å². The van der Waals surface area contributed by atoms with Crippen LogP contribution in [0.2, 0.25) is 0 Å². The Kier molecular flexibility index (Phi) is 1.91. The second kappa shape index (κ2) is 2.50. The van der Waals surface area contributed by atoms with Crippen LogP contribution < -0.4 is 5.48 Å². The molecule has 0 bridgehead atoms. The van der Waals surface area contributed by atoms with Gasteiger partial charge in [-0.2, -0.15) is 5.48 Å². The van der Waals surface area contributed by atoms with Crippen LogP contribution in [-0.2, 0) is 4.84 Å². The lowest BCUT2D eigenvalue weighted by molar-refractivity contribution is 0.00186. The fraction of sp³-hybridized carbons (Fsp3) is 1.00. The molecule has 1 atom stereocenters. The Bertz CT molecular complexity index is 53.7. The van der Waals surface area contributed by atoms with Crippen molar-refractivity contribution in [1.29, 1.82) is 0 Å². The first kappa shape index (κ1) is 5.35. The predicted molar refractivity (Wildman–Crippen MR) is 28.0 cm³/mol. The van der Waals surface area contributed by atoms with Crippen LogP contribution in [0, 0.1) is 0 Å². The molecular weight excluding hydrogens is 114 g/mol. The lowest BCUT2D eigenvalue weighted by Gasteiger charge is -2.16. The van der Waals surface area contributed by atoms with E-state index in [1.54, 1.807) is 0 Å². The van der Waals surface area contributed by atoms with Crippen molar-refractivity contribution in [2.24, 2.45) is 0 Å². The molecule has 42 valence electrons. The van der Waals surface area contributed by atoms with Crippen LogP contribution in [0.15, 0.2) is 0 Å². The standard InChI is InChI=1S/C4H8ClNO/c5-4-2-1-3-7-6-4/h4,6H,1-3H2. The van der Waals surface area contributed by atoms with Crippen LogP contribution in [0.5, 0.6) is 0 Å². The Labute approximate surface area is 47.7 Å². The van der Waals surface area contributed by atoms with Crippen molar-refractivity contribution in [1.82, 2.24) is 5.48 Å². The van der Waals surface area contributed by atoms with Gasteiger partial charge < -0.3 is 4.84 Å². The topological polar surface area (TPSA) is 21.3 Å². The van der Waals surface area contributed by atoms with Crippen molar-refractivity contribution in [3.05, 3.63) is 0 Å². The van der Waals surface area contributed by atoms with Crippen molar-refractivity contribution >= 4 is 11.6 Å². The molecule has 2 nitrogen and oxygen atoms in total. The molecule has 0 spiro atoms. The molecule has 1 aliphatic rings. The van der Waals surface area contributed by atoms with Crippen molar-refractivity contribution in [3.63, 3.8) is 0 Å². The summed E-state index contributed by atoms with van der Waals surface area (Å²) >= 11 is 5.58. The zero-order valence-electron chi connectivity index (χ0n) is 3.98. The van der Waals surface area contributed by atoms with Gasteiger partial charge in [-0.3, -0.25) is 0 Å². The fourth-order valence-electron chi connectivity index (χ4n) is 0.543. The van der Waals surface area contributed by atoms with Gasteiger partial charge in [0.15, 0.2) is 0 Å². The summed E-state index contributed by atoms with van der Waals surface area (Å²) in [5.74, 6) is 0. The molecule has 1 saturated heterocycles. The van der Waals surface area contributed by atoms with Crippen molar-refractivity contribution < 1.29 is 4.84 Å². The molecule has 0 aliphatic carbocycles. The maximum absolute atomic E-state index is 5.58. The average Bonchev–Trinajstić information content (AvgIpc) is 1.69. The van der Waals surface area contributed by atoms with Crippen LogP contribution in [0.1, 0.15) is 12.8 Å². The van der Waals surface area contributed by atoms with Gasteiger partial charge >= 0.3 is 0 Å². The van der Waals surface area contributed by atoms with E-state index in [2.05, 4.69) is 5.48 Å². The molecule has 7 heavy (non-hydrogen) atoms.